The summed E-state index contributed by atoms with van der Waals surface area (Å²) in [7, 11) is -1.11. The molecular weight excluding hydrogens is 440 g/mol. The lowest BCUT2D eigenvalue weighted by molar-refractivity contribution is -0.140. The quantitative estimate of drug-likeness (QED) is 0.542. The molecule has 33 heavy (non-hydrogen) atoms. The lowest BCUT2D eigenvalue weighted by Crippen LogP contribution is -2.54. The summed E-state index contributed by atoms with van der Waals surface area (Å²) in [5.41, 5.74) is 1.22. The minimum Gasteiger partial charge on any atom is -0.352 e. The molecule has 2 aromatic rings. The molecule has 1 atom stereocenters. The fraction of sp³-hybridized carbons (Fsp3) is 0.417. The number of nitrogens with zero attached hydrogens (tertiary/aromatic N) is 3. The summed E-state index contributed by atoms with van der Waals surface area (Å²) in [4.78, 5) is 28.0. The first-order chi connectivity index (χ1) is 15.6. The number of nitrogens with one attached hydrogen (secondary N) is 1. The average Bonchev–Trinajstić information content (AvgIpc) is 2.77. The number of carbonyl (C=O) groups is 2. The van der Waals surface area contributed by atoms with Crippen LogP contribution in [0, 0.1) is 0 Å². The van der Waals surface area contributed by atoms with Gasteiger partial charge in [-0.2, -0.15) is 12.7 Å². The monoisotopic (exact) mass is 474 g/mol. The minimum absolute atomic E-state index is 0.0878. The maximum Gasteiger partial charge on any atom is 0.304 e. The van der Waals surface area contributed by atoms with E-state index in [-0.39, 0.29) is 18.5 Å². The third-order valence-electron chi connectivity index (χ3n) is 5.08. The zero-order chi connectivity index (χ0) is 24.6. The Hall–Kier alpha value is -2.91. The molecular formula is C24H34N4O4S. The van der Waals surface area contributed by atoms with Gasteiger partial charge in [-0.25, -0.2) is 4.31 Å². The van der Waals surface area contributed by atoms with Gasteiger partial charge in [0.25, 0.3) is 0 Å². The molecule has 0 aliphatic rings. The summed E-state index contributed by atoms with van der Waals surface area (Å²) in [6.45, 7) is 5.31. The largest absolute Gasteiger partial charge is 0.352 e. The first kappa shape index (κ1) is 26.3. The van der Waals surface area contributed by atoms with Crippen molar-refractivity contribution in [2.24, 2.45) is 0 Å². The highest BCUT2D eigenvalue weighted by Crippen LogP contribution is 2.21. The SMILES string of the molecule is CC[C@@H](C(=O)NC(C)C)N(Cc1ccccc1)C(=O)CN(c1ccccc1)S(=O)(=O)N(C)C. The van der Waals surface area contributed by atoms with E-state index in [1.54, 1.807) is 30.3 Å². The fourth-order valence-corrected chi connectivity index (χ4v) is 4.45. The summed E-state index contributed by atoms with van der Waals surface area (Å²) in [5, 5.41) is 2.88. The molecule has 180 valence electrons. The minimum atomic E-state index is -3.95. The van der Waals surface area contributed by atoms with Crippen LogP contribution in [0.15, 0.2) is 60.7 Å². The van der Waals surface area contributed by atoms with Gasteiger partial charge in [-0.15, -0.1) is 0 Å². The number of amides is 2. The normalized spacial score (nSPS) is 12.5. The fourth-order valence-electron chi connectivity index (χ4n) is 3.39. The number of carbonyl (C=O) groups excluding carboxylic acids is 2. The maximum absolute atomic E-state index is 13.6. The second kappa shape index (κ2) is 11.8. The van der Waals surface area contributed by atoms with Crippen molar-refractivity contribution in [2.75, 3.05) is 24.9 Å². The first-order valence-corrected chi connectivity index (χ1v) is 12.4. The first-order valence-electron chi connectivity index (χ1n) is 11.0. The zero-order valence-electron chi connectivity index (χ0n) is 19.9. The van der Waals surface area contributed by atoms with Crippen molar-refractivity contribution in [3.8, 4) is 0 Å². The zero-order valence-corrected chi connectivity index (χ0v) is 20.7. The van der Waals surface area contributed by atoms with Gasteiger partial charge >= 0.3 is 10.2 Å². The highest BCUT2D eigenvalue weighted by molar-refractivity contribution is 7.90. The van der Waals surface area contributed by atoms with Crippen LogP contribution in [0.4, 0.5) is 5.69 Å². The number of hydrogen-bond donors (Lipinski definition) is 1. The number of rotatable bonds is 11. The molecule has 0 heterocycles. The standard InChI is InChI=1S/C24H34N4O4S/c1-6-22(24(30)25-19(2)3)27(17-20-13-9-7-10-14-20)23(29)18-28(33(31,32)26(4)5)21-15-11-8-12-16-21/h7-16,19,22H,6,17-18H2,1-5H3,(H,25,30)/t22-/m0/s1. The molecule has 0 radical (unpaired) electrons. The molecule has 0 saturated heterocycles. The van der Waals surface area contributed by atoms with E-state index in [0.717, 1.165) is 14.2 Å². The number of para-hydroxylation sites is 1. The average molecular weight is 475 g/mol. The molecule has 9 heteroatoms. The van der Waals surface area contributed by atoms with Crippen LogP contribution in [0.1, 0.15) is 32.8 Å². The topological polar surface area (TPSA) is 90.0 Å². The van der Waals surface area contributed by atoms with Crippen molar-refractivity contribution in [3.63, 3.8) is 0 Å². The van der Waals surface area contributed by atoms with E-state index in [0.29, 0.717) is 12.1 Å². The van der Waals surface area contributed by atoms with Crippen LogP contribution in [-0.4, -0.2) is 62.2 Å². The Labute approximate surface area is 197 Å². The van der Waals surface area contributed by atoms with E-state index in [4.69, 9.17) is 0 Å². The van der Waals surface area contributed by atoms with Gasteiger partial charge in [0.2, 0.25) is 11.8 Å². The molecule has 2 aromatic carbocycles. The lowest BCUT2D eigenvalue weighted by atomic mass is 10.1. The molecule has 0 bridgehead atoms. The predicted molar refractivity (Wildman–Crippen MR) is 131 cm³/mol. The predicted octanol–water partition coefficient (Wildman–Crippen LogP) is 2.63. The van der Waals surface area contributed by atoms with Crippen LogP contribution in [0.25, 0.3) is 0 Å². The third kappa shape index (κ3) is 7.03. The Morgan fingerprint density at radius 3 is 1.97 bits per heavy atom. The van der Waals surface area contributed by atoms with Crippen LogP contribution in [0.5, 0.6) is 0 Å². The molecule has 0 spiro atoms. The van der Waals surface area contributed by atoms with Gasteiger partial charge in [-0.05, 0) is 38.0 Å². The molecule has 2 amide bonds. The van der Waals surface area contributed by atoms with E-state index in [2.05, 4.69) is 5.32 Å². The summed E-state index contributed by atoms with van der Waals surface area (Å²) in [6.07, 6.45) is 0.392. The van der Waals surface area contributed by atoms with Crippen molar-refractivity contribution < 1.29 is 18.0 Å². The van der Waals surface area contributed by atoms with Crippen molar-refractivity contribution in [1.82, 2.24) is 14.5 Å². The van der Waals surface area contributed by atoms with Crippen molar-refractivity contribution in [3.05, 3.63) is 66.2 Å². The summed E-state index contributed by atoms with van der Waals surface area (Å²) >= 11 is 0. The molecule has 8 nitrogen and oxygen atoms in total. The Morgan fingerprint density at radius 2 is 1.48 bits per heavy atom. The Morgan fingerprint density at radius 1 is 0.939 bits per heavy atom. The van der Waals surface area contributed by atoms with Crippen molar-refractivity contribution in [1.29, 1.82) is 0 Å². The van der Waals surface area contributed by atoms with E-state index >= 15 is 0 Å². The lowest BCUT2D eigenvalue weighted by Gasteiger charge is -2.34. The van der Waals surface area contributed by atoms with E-state index < -0.39 is 28.7 Å². The van der Waals surface area contributed by atoms with Gasteiger partial charge in [0.1, 0.15) is 12.6 Å². The van der Waals surface area contributed by atoms with Gasteiger partial charge in [-0.1, -0.05) is 55.5 Å². The third-order valence-corrected chi connectivity index (χ3v) is 6.90. The molecule has 0 unspecified atom stereocenters. The highest BCUT2D eigenvalue weighted by Gasteiger charge is 2.33. The van der Waals surface area contributed by atoms with E-state index in [1.807, 2.05) is 51.1 Å². The van der Waals surface area contributed by atoms with Crippen molar-refractivity contribution in [2.45, 2.75) is 45.8 Å². The van der Waals surface area contributed by atoms with Crippen LogP contribution >= 0.6 is 0 Å². The Bertz CT molecular complexity index is 1010. The Balaban J connectivity index is 2.45. The molecule has 2 rings (SSSR count). The van der Waals surface area contributed by atoms with Crippen LogP contribution in [0.3, 0.4) is 0 Å². The number of anilines is 1. The molecule has 0 aromatic heterocycles. The maximum atomic E-state index is 13.6. The molecule has 0 aliphatic heterocycles. The molecule has 0 fully saturated rings. The Kier molecular flexibility index (Phi) is 9.43. The van der Waals surface area contributed by atoms with Gasteiger partial charge < -0.3 is 10.2 Å². The van der Waals surface area contributed by atoms with Crippen molar-refractivity contribution >= 4 is 27.7 Å². The molecule has 1 N–H and O–H groups in total. The summed E-state index contributed by atoms with van der Waals surface area (Å²) in [6, 6.07) is 17.0. The molecule has 0 aliphatic carbocycles. The summed E-state index contributed by atoms with van der Waals surface area (Å²) < 4.78 is 28.3. The second-order valence-corrected chi connectivity index (χ2v) is 10.3. The van der Waals surface area contributed by atoms with Gasteiger partial charge in [0.05, 0.1) is 5.69 Å². The number of benzene rings is 2. The smallest absolute Gasteiger partial charge is 0.304 e. The van der Waals surface area contributed by atoms with Gasteiger partial charge in [0, 0.05) is 26.7 Å². The second-order valence-electron chi connectivity index (χ2n) is 8.23. The van der Waals surface area contributed by atoms with Gasteiger partial charge in [0.15, 0.2) is 0 Å². The van der Waals surface area contributed by atoms with Crippen LogP contribution in [-0.2, 0) is 26.3 Å². The highest BCUT2D eigenvalue weighted by atomic mass is 32.2. The molecule has 0 saturated carbocycles. The van der Waals surface area contributed by atoms with E-state index in [1.165, 1.54) is 19.0 Å². The van der Waals surface area contributed by atoms with E-state index in [9.17, 15) is 18.0 Å². The van der Waals surface area contributed by atoms with Crippen LogP contribution in [0.2, 0.25) is 0 Å². The number of hydrogen-bond acceptors (Lipinski definition) is 4. The van der Waals surface area contributed by atoms with Crippen LogP contribution < -0.4 is 9.62 Å². The summed E-state index contributed by atoms with van der Waals surface area (Å²) in [5.74, 6) is -0.725. The van der Waals surface area contributed by atoms with Gasteiger partial charge in [-0.3, -0.25) is 9.59 Å².